The molecule has 1 spiro atoms. The van der Waals surface area contributed by atoms with E-state index in [-0.39, 0.29) is 12.2 Å². The predicted molar refractivity (Wildman–Crippen MR) is 151 cm³/mol. The number of ether oxygens (including phenoxy) is 1. The Morgan fingerprint density at radius 1 is 1.00 bits per heavy atom. The highest BCUT2D eigenvalue weighted by Crippen LogP contribution is 2.40. The number of nitriles is 1. The van der Waals surface area contributed by atoms with Crippen LogP contribution in [0.15, 0.2) is 36.7 Å². The maximum atomic E-state index is 14.7. The number of pyridine rings is 2. The molecule has 0 bridgehead atoms. The second-order valence-electron chi connectivity index (χ2n) is 12.1. The molecule has 10 nitrogen and oxygen atoms in total. The molecule has 4 fully saturated rings. The smallest absolute Gasteiger partial charge is 0.171 e. The molecule has 7 rings (SSSR count). The van der Waals surface area contributed by atoms with Gasteiger partial charge in [-0.2, -0.15) is 10.4 Å². The van der Waals surface area contributed by atoms with Crippen LogP contribution in [0.2, 0.25) is 0 Å². The summed E-state index contributed by atoms with van der Waals surface area (Å²) in [5, 5.41) is 13.5. The van der Waals surface area contributed by atoms with Gasteiger partial charge in [0.2, 0.25) is 0 Å². The van der Waals surface area contributed by atoms with E-state index in [0.29, 0.717) is 29.7 Å². The van der Waals surface area contributed by atoms with Crippen molar-refractivity contribution in [2.45, 2.75) is 19.1 Å². The molecule has 11 heteroatoms. The number of piperazine rings is 1. The lowest BCUT2D eigenvalue weighted by molar-refractivity contribution is -0.0327. The van der Waals surface area contributed by atoms with E-state index in [1.54, 1.807) is 6.07 Å². The van der Waals surface area contributed by atoms with Crippen molar-refractivity contribution in [2.75, 3.05) is 93.7 Å². The van der Waals surface area contributed by atoms with Gasteiger partial charge in [0.15, 0.2) is 5.82 Å². The highest BCUT2D eigenvalue weighted by atomic mass is 19.1. The maximum Gasteiger partial charge on any atom is 0.171 e. The Balaban J connectivity index is 0.946. The molecule has 0 aromatic carbocycles. The van der Waals surface area contributed by atoms with E-state index in [1.165, 1.54) is 29.5 Å². The van der Waals surface area contributed by atoms with E-state index in [9.17, 15) is 9.65 Å². The molecule has 0 radical (unpaired) electrons. The summed E-state index contributed by atoms with van der Waals surface area (Å²) in [6, 6.07) is 10.0. The van der Waals surface area contributed by atoms with Crippen LogP contribution < -0.4 is 14.7 Å². The number of rotatable bonds is 5. The van der Waals surface area contributed by atoms with Crippen molar-refractivity contribution in [3.05, 3.63) is 48.2 Å². The Labute approximate surface area is 234 Å². The molecule has 210 valence electrons. The lowest BCUT2D eigenvalue weighted by Gasteiger charge is -2.59. The summed E-state index contributed by atoms with van der Waals surface area (Å²) in [7, 11) is 2.19. The number of anilines is 3. The summed E-state index contributed by atoms with van der Waals surface area (Å²) in [5.74, 6) is 0.674. The number of hydrogen-bond acceptors (Lipinski definition) is 9. The zero-order chi connectivity index (χ0) is 27.4. The summed E-state index contributed by atoms with van der Waals surface area (Å²) in [4.78, 5) is 16.6. The summed E-state index contributed by atoms with van der Waals surface area (Å²) >= 11 is 0. The molecular weight excluding hydrogens is 509 g/mol. The van der Waals surface area contributed by atoms with E-state index in [2.05, 4.69) is 61.8 Å². The van der Waals surface area contributed by atoms with Crippen LogP contribution >= 0.6 is 0 Å². The predicted octanol–water partition coefficient (Wildman–Crippen LogP) is 1.91. The lowest BCUT2D eigenvalue weighted by atomic mass is 9.73. The molecule has 2 atom stereocenters. The minimum atomic E-state index is -0.415. The second-order valence-corrected chi connectivity index (χ2v) is 12.1. The third kappa shape index (κ3) is 4.54. The maximum absolute atomic E-state index is 14.7. The summed E-state index contributed by atoms with van der Waals surface area (Å²) < 4.78 is 22.4. The van der Waals surface area contributed by atoms with Crippen LogP contribution in [0.3, 0.4) is 0 Å². The minimum absolute atomic E-state index is 0.00759. The monoisotopic (exact) mass is 545 g/mol. The fourth-order valence-corrected chi connectivity index (χ4v) is 7.19. The number of morpholine rings is 1. The third-order valence-corrected chi connectivity index (χ3v) is 8.89. The summed E-state index contributed by atoms with van der Waals surface area (Å²) in [5.41, 5.74) is 3.11. The average Bonchev–Trinajstić information content (AvgIpc) is 3.31. The molecule has 3 aromatic heterocycles. The molecule has 4 aliphatic rings. The van der Waals surface area contributed by atoms with Crippen LogP contribution in [0.5, 0.6) is 0 Å². The van der Waals surface area contributed by atoms with Crippen LogP contribution in [0, 0.1) is 22.6 Å². The van der Waals surface area contributed by atoms with Gasteiger partial charge in [0.1, 0.15) is 23.1 Å². The number of nitrogens with zero attached hydrogens (tertiary/aromatic N) is 9. The highest BCUT2D eigenvalue weighted by molar-refractivity contribution is 5.74. The fourth-order valence-electron chi connectivity index (χ4n) is 7.19. The van der Waals surface area contributed by atoms with Gasteiger partial charge < -0.3 is 24.3 Å². The quantitative estimate of drug-likeness (QED) is 0.478. The molecule has 7 heterocycles. The second kappa shape index (κ2) is 9.87. The Bertz CT molecular complexity index is 1410. The van der Waals surface area contributed by atoms with Gasteiger partial charge in [0, 0.05) is 77.4 Å². The Morgan fingerprint density at radius 3 is 2.50 bits per heavy atom. The van der Waals surface area contributed by atoms with Crippen LogP contribution in [0.1, 0.15) is 12.6 Å². The number of fused-ring (bicyclic) bond motifs is 1. The highest BCUT2D eigenvalue weighted by Gasteiger charge is 2.50. The number of aromatic nitrogens is 3. The van der Waals surface area contributed by atoms with Crippen molar-refractivity contribution in [1.82, 2.24) is 24.4 Å². The van der Waals surface area contributed by atoms with E-state index < -0.39 is 5.82 Å². The summed E-state index contributed by atoms with van der Waals surface area (Å²) in [6.45, 7) is 12.7. The van der Waals surface area contributed by atoms with Crippen LogP contribution in [-0.4, -0.2) is 116 Å². The molecule has 40 heavy (non-hydrogen) atoms. The number of halogens is 1. The van der Waals surface area contributed by atoms with Gasteiger partial charge in [-0.05, 0) is 38.2 Å². The molecule has 0 aliphatic carbocycles. The van der Waals surface area contributed by atoms with Gasteiger partial charge in [-0.1, -0.05) is 0 Å². The van der Waals surface area contributed by atoms with Crippen molar-refractivity contribution in [2.24, 2.45) is 5.41 Å². The van der Waals surface area contributed by atoms with Crippen LogP contribution in [0.25, 0.3) is 5.52 Å². The van der Waals surface area contributed by atoms with Crippen molar-refractivity contribution < 1.29 is 9.13 Å². The molecule has 0 unspecified atom stereocenters. The molecule has 0 N–H and O–H groups in total. The first-order valence-electron chi connectivity index (χ1n) is 14.2. The first kappa shape index (κ1) is 25.5. The van der Waals surface area contributed by atoms with E-state index in [1.807, 2.05) is 12.3 Å². The Kier molecular flexibility index (Phi) is 6.29. The van der Waals surface area contributed by atoms with Crippen LogP contribution in [-0.2, 0) is 4.74 Å². The topological polar surface area (TPSA) is 79.4 Å². The largest absolute Gasteiger partial charge is 0.370 e. The average molecular weight is 546 g/mol. The fraction of sp³-hybridized carbons (Fsp3) is 0.552. The standard InChI is InChI=1S/C29H36FN9O/c1-21-14-37(26-5-3-22(11-31)39-28(26)25(30)13-33-39)16-24(40-21)15-35-7-9-36(10-8-35)23-4-6-27(32-12-23)38-19-29(20-38)17-34(2)18-29/h3-6,12-13,21,24H,7-10,14-20H2,1-2H3/t21-,24+/m1/s1. The van der Waals surface area contributed by atoms with Gasteiger partial charge >= 0.3 is 0 Å². The van der Waals surface area contributed by atoms with Gasteiger partial charge in [0.25, 0.3) is 0 Å². The van der Waals surface area contributed by atoms with E-state index in [4.69, 9.17) is 9.72 Å². The molecule has 4 aliphatic heterocycles. The van der Waals surface area contributed by atoms with E-state index >= 15 is 0 Å². The van der Waals surface area contributed by atoms with Gasteiger partial charge in [-0.25, -0.2) is 13.9 Å². The first-order valence-corrected chi connectivity index (χ1v) is 14.2. The van der Waals surface area contributed by atoms with Crippen molar-refractivity contribution in [1.29, 1.82) is 5.26 Å². The van der Waals surface area contributed by atoms with E-state index in [0.717, 1.165) is 57.3 Å². The molecule has 0 saturated carbocycles. The zero-order valence-electron chi connectivity index (χ0n) is 23.2. The SMILES string of the molecule is C[C@@H]1CN(c2ccc(C#N)n3ncc(F)c23)C[C@H](CN2CCN(c3ccc(N4CC5(CN(C)C5)C4)nc3)CC2)O1. The molecule has 0 amide bonds. The number of likely N-dealkylation sites (tertiary alicyclic amines) is 1. The third-order valence-electron chi connectivity index (χ3n) is 8.89. The zero-order valence-corrected chi connectivity index (χ0v) is 23.2. The van der Waals surface area contributed by atoms with Crippen LogP contribution in [0.4, 0.5) is 21.6 Å². The van der Waals surface area contributed by atoms with Crippen molar-refractivity contribution >= 4 is 22.7 Å². The normalized spacial score (nSPS) is 25.2. The molecular formula is C29H36FN9O. The first-order chi connectivity index (χ1) is 19.4. The van der Waals surface area contributed by atoms with Gasteiger partial charge in [0.05, 0.1) is 36.0 Å². The van der Waals surface area contributed by atoms with Gasteiger partial charge in [-0.15, -0.1) is 0 Å². The van der Waals surface area contributed by atoms with Gasteiger partial charge in [-0.3, -0.25) is 4.90 Å². The Hall–Kier alpha value is -3.46. The lowest BCUT2D eigenvalue weighted by Crippen LogP contribution is -2.71. The van der Waals surface area contributed by atoms with Crippen molar-refractivity contribution in [3.8, 4) is 6.07 Å². The number of hydrogen-bond donors (Lipinski definition) is 0. The molecule has 4 saturated heterocycles. The Morgan fingerprint density at radius 2 is 1.80 bits per heavy atom. The molecule has 3 aromatic rings. The minimum Gasteiger partial charge on any atom is -0.370 e. The van der Waals surface area contributed by atoms with Crippen molar-refractivity contribution in [3.63, 3.8) is 0 Å². The summed E-state index contributed by atoms with van der Waals surface area (Å²) in [6.07, 6.45) is 3.23.